The van der Waals surface area contributed by atoms with E-state index >= 15 is 0 Å². The molecular formula is C11H5Cl3N4O3. The molecule has 0 fully saturated rings. The van der Waals surface area contributed by atoms with E-state index in [1.165, 1.54) is 6.07 Å². The smallest absolute Gasteiger partial charge is 0.270 e. The fourth-order valence-corrected chi connectivity index (χ4v) is 1.95. The molecule has 0 atom stereocenters. The van der Waals surface area contributed by atoms with Gasteiger partial charge in [0.25, 0.3) is 11.6 Å². The quantitative estimate of drug-likeness (QED) is 0.519. The SMILES string of the molecule is O=C(Nc1ncnc(Cl)c1Cl)c1ccc([N+](=O)[O-])cc1Cl. The standard InChI is InChI=1S/C11H5Cl3N4O3/c12-7-3-5(18(20)21)1-2-6(7)11(19)17-10-8(13)9(14)15-4-16-10/h1-4H,(H,15,16,17,19). The number of carbonyl (C=O) groups excluding carboxylic acids is 1. The summed E-state index contributed by atoms with van der Waals surface area (Å²) in [5.41, 5.74) is -0.187. The molecule has 1 aromatic carbocycles. The number of nitrogens with one attached hydrogen (secondary N) is 1. The van der Waals surface area contributed by atoms with Gasteiger partial charge in [-0.1, -0.05) is 34.8 Å². The Kier molecular flexibility index (Phi) is 4.56. The van der Waals surface area contributed by atoms with Crippen LogP contribution >= 0.6 is 34.8 Å². The molecule has 0 bridgehead atoms. The maximum atomic E-state index is 12.1. The molecule has 0 aliphatic rings. The van der Waals surface area contributed by atoms with Crippen molar-refractivity contribution in [3.05, 3.63) is 55.4 Å². The third kappa shape index (κ3) is 3.38. The van der Waals surface area contributed by atoms with Gasteiger partial charge in [-0.15, -0.1) is 0 Å². The first-order valence-corrected chi connectivity index (χ1v) is 6.45. The minimum Gasteiger partial charge on any atom is -0.305 e. The van der Waals surface area contributed by atoms with E-state index in [-0.39, 0.29) is 32.3 Å². The predicted molar refractivity (Wildman–Crippen MR) is 78.1 cm³/mol. The molecule has 0 unspecified atom stereocenters. The Morgan fingerprint density at radius 3 is 2.57 bits per heavy atom. The van der Waals surface area contributed by atoms with Gasteiger partial charge >= 0.3 is 0 Å². The van der Waals surface area contributed by atoms with Crippen molar-refractivity contribution in [2.75, 3.05) is 5.32 Å². The highest BCUT2D eigenvalue weighted by Crippen LogP contribution is 2.27. The second-order valence-electron chi connectivity index (χ2n) is 3.70. The van der Waals surface area contributed by atoms with Crippen LogP contribution in [0.2, 0.25) is 15.2 Å². The van der Waals surface area contributed by atoms with Crippen LogP contribution in [0, 0.1) is 10.1 Å². The summed E-state index contributed by atoms with van der Waals surface area (Å²) in [5.74, 6) is -0.623. The largest absolute Gasteiger partial charge is 0.305 e. The van der Waals surface area contributed by atoms with E-state index in [9.17, 15) is 14.9 Å². The lowest BCUT2D eigenvalue weighted by molar-refractivity contribution is -0.384. The van der Waals surface area contributed by atoms with Crippen LogP contribution in [0.3, 0.4) is 0 Å². The number of halogens is 3. The lowest BCUT2D eigenvalue weighted by Crippen LogP contribution is -2.14. The van der Waals surface area contributed by atoms with Gasteiger partial charge in [-0.2, -0.15) is 0 Å². The third-order valence-electron chi connectivity index (χ3n) is 2.39. The van der Waals surface area contributed by atoms with Crippen molar-refractivity contribution in [2.45, 2.75) is 0 Å². The topological polar surface area (TPSA) is 98.0 Å². The molecule has 21 heavy (non-hydrogen) atoms. The number of carbonyl (C=O) groups is 1. The van der Waals surface area contributed by atoms with Crippen LogP contribution in [-0.4, -0.2) is 20.8 Å². The number of benzene rings is 1. The number of hydrogen-bond acceptors (Lipinski definition) is 5. The van der Waals surface area contributed by atoms with E-state index in [2.05, 4.69) is 15.3 Å². The van der Waals surface area contributed by atoms with Gasteiger partial charge in [-0.05, 0) is 6.07 Å². The Bertz CT molecular complexity index is 739. The molecule has 0 aliphatic heterocycles. The molecule has 0 saturated heterocycles. The van der Waals surface area contributed by atoms with Crippen molar-refractivity contribution < 1.29 is 9.72 Å². The van der Waals surface area contributed by atoms with E-state index < -0.39 is 10.8 Å². The highest BCUT2D eigenvalue weighted by molar-refractivity contribution is 6.43. The first-order valence-electron chi connectivity index (χ1n) is 5.31. The molecule has 10 heteroatoms. The first-order chi connectivity index (χ1) is 9.90. The zero-order valence-corrected chi connectivity index (χ0v) is 12.3. The van der Waals surface area contributed by atoms with E-state index in [1.807, 2.05) is 0 Å². The summed E-state index contributed by atoms with van der Waals surface area (Å²) < 4.78 is 0. The van der Waals surface area contributed by atoms with Crippen LogP contribution in [0.4, 0.5) is 11.5 Å². The predicted octanol–water partition coefficient (Wildman–Crippen LogP) is 3.60. The number of anilines is 1. The molecule has 1 aromatic heterocycles. The molecule has 0 saturated carbocycles. The van der Waals surface area contributed by atoms with Crippen molar-refractivity contribution in [1.82, 2.24) is 9.97 Å². The maximum Gasteiger partial charge on any atom is 0.270 e. The van der Waals surface area contributed by atoms with Crippen molar-refractivity contribution in [2.24, 2.45) is 0 Å². The van der Waals surface area contributed by atoms with Crippen LogP contribution in [0.15, 0.2) is 24.5 Å². The van der Waals surface area contributed by atoms with Gasteiger partial charge in [-0.3, -0.25) is 14.9 Å². The van der Waals surface area contributed by atoms with E-state index in [1.54, 1.807) is 0 Å². The lowest BCUT2D eigenvalue weighted by atomic mass is 10.2. The van der Waals surface area contributed by atoms with Crippen molar-refractivity contribution >= 4 is 52.2 Å². The van der Waals surface area contributed by atoms with Gasteiger partial charge < -0.3 is 5.32 Å². The number of amides is 1. The normalized spacial score (nSPS) is 10.2. The van der Waals surface area contributed by atoms with E-state index in [4.69, 9.17) is 34.8 Å². The van der Waals surface area contributed by atoms with Crippen LogP contribution in [0.5, 0.6) is 0 Å². The summed E-state index contributed by atoms with van der Waals surface area (Å²) in [5, 5.41) is 12.9. The monoisotopic (exact) mass is 346 g/mol. The Hall–Kier alpha value is -1.96. The fraction of sp³-hybridized carbons (Fsp3) is 0. The van der Waals surface area contributed by atoms with Crippen LogP contribution in [-0.2, 0) is 0 Å². The number of nitro benzene ring substituents is 1. The Morgan fingerprint density at radius 2 is 1.95 bits per heavy atom. The molecule has 1 amide bonds. The van der Waals surface area contributed by atoms with Gasteiger partial charge in [0, 0.05) is 12.1 Å². The van der Waals surface area contributed by atoms with E-state index in [0.29, 0.717) is 0 Å². The summed E-state index contributed by atoms with van der Waals surface area (Å²) in [6.45, 7) is 0. The summed E-state index contributed by atoms with van der Waals surface area (Å²) in [6, 6.07) is 3.47. The van der Waals surface area contributed by atoms with E-state index in [0.717, 1.165) is 18.5 Å². The number of non-ortho nitro benzene ring substituents is 1. The molecule has 1 heterocycles. The Balaban J connectivity index is 2.29. The van der Waals surface area contributed by atoms with Gasteiger partial charge in [-0.25, -0.2) is 9.97 Å². The van der Waals surface area contributed by atoms with Gasteiger partial charge in [0.1, 0.15) is 11.3 Å². The summed E-state index contributed by atoms with van der Waals surface area (Å²) in [6.07, 6.45) is 1.13. The second kappa shape index (κ2) is 6.21. The molecule has 0 aliphatic carbocycles. The average molecular weight is 348 g/mol. The number of nitrogens with zero attached hydrogens (tertiary/aromatic N) is 3. The van der Waals surface area contributed by atoms with Crippen molar-refractivity contribution in [1.29, 1.82) is 0 Å². The van der Waals surface area contributed by atoms with Crippen LogP contribution < -0.4 is 5.32 Å². The van der Waals surface area contributed by atoms with Crippen LogP contribution in [0.25, 0.3) is 0 Å². The summed E-state index contributed by atoms with van der Waals surface area (Å²) >= 11 is 17.4. The van der Waals surface area contributed by atoms with Crippen molar-refractivity contribution in [3.8, 4) is 0 Å². The minimum atomic E-state index is -0.633. The summed E-state index contributed by atoms with van der Waals surface area (Å²) in [4.78, 5) is 29.4. The average Bonchev–Trinajstić information content (AvgIpc) is 2.43. The molecule has 2 aromatic rings. The minimum absolute atomic E-state index is 0.0103. The number of rotatable bonds is 3. The number of hydrogen-bond donors (Lipinski definition) is 1. The number of nitro groups is 1. The molecule has 7 nitrogen and oxygen atoms in total. The van der Waals surface area contributed by atoms with Gasteiger partial charge in [0.05, 0.1) is 15.5 Å². The third-order valence-corrected chi connectivity index (χ3v) is 3.44. The maximum absolute atomic E-state index is 12.1. The molecule has 0 radical (unpaired) electrons. The van der Waals surface area contributed by atoms with Crippen molar-refractivity contribution in [3.63, 3.8) is 0 Å². The van der Waals surface area contributed by atoms with Crippen LogP contribution in [0.1, 0.15) is 10.4 Å². The molecular weight excluding hydrogens is 343 g/mol. The Morgan fingerprint density at radius 1 is 1.24 bits per heavy atom. The molecule has 0 spiro atoms. The highest BCUT2D eigenvalue weighted by atomic mass is 35.5. The highest BCUT2D eigenvalue weighted by Gasteiger charge is 2.17. The second-order valence-corrected chi connectivity index (χ2v) is 4.85. The zero-order chi connectivity index (χ0) is 15.6. The number of aromatic nitrogens is 2. The van der Waals surface area contributed by atoms with Gasteiger partial charge in [0.2, 0.25) is 0 Å². The molecule has 2 rings (SSSR count). The zero-order valence-electron chi connectivity index (χ0n) is 10.0. The first kappa shape index (κ1) is 15.4. The molecule has 1 N–H and O–H groups in total. The molecule has 108 valence electrons. The lowest BCUT2D eigenvalue weighted by Gasteiger charge is -2.07. The fourth-order valence-electron chi connectivity index (χ4n) is 1.41. The Labute approximate surface area is 133 Å². The summed E-state index contributed by atoms with van der Waals surface area (Å²) in [7, 11) is 0. The van der Waals surface area contributed by atoms with Gasteiger partial charge in [0.15, 0.2) is 11.0 Å².